The molecule has 0 saturated heterocycles. The van der Waals surface area contributed by atoms with Crippen LogP contribution in [0.1, 0.15) is 6.92 Å². The zero-order valence-electron chi connectivity index (χ0n) is 5.26. The molecule has 2 nitrogen and oxygen atoms in total. The zero-order valence-corrected chi connectivity index (χ0v) is 6.07. The minimum absolute atomic E-state index is 0. The lowest BCUT2D eigenvalue weighted by molar-refractivity contribution is 0.167. The summed E-state index contributed by atoms with van der Waals surface area (Å²) in [5.41, 5.74) is 0.843. The maximum Gasteiger partial charge on any atom is 0.0872 e. The van der Waals surface area contributed by atoms with E-state index < -0.39 is 0 Å². The number of nitrogens with two attached hydrogens (primary N) is 1. The lowest BCUT2D eigenvalue weighted by Gasteiger charge is -1.86. The molecule has 0 aliphatic carbocycles. The third kappa shape index (κ3) is 7.51. The molecule has 9 heavy (non-hydrogen) atoms. The van der Waals surface area contributed by atoms with Crippen LogP contribution in [0.3, 0.4) is 0 Å². The van der Waals surface area contributed by atoms with Gasteiger partial charge in [0, 0.05) is 0 Å². The van der Waals surface area contributed by atoms with Gasteiger partial charge in [-0.2, -0.15) is 0 Å². The van der Waals surface area contributed by atoms with Gasteiger partial charge in [0.15, 0.2) is 0 Å². The summed E-state index contributed by atoms with van der Waals surface area (Å²) in [4.78, 5) is 4.24. The number of hydrogen-bond acceptors (Lipinski definition) is 2. The molecule has 0 atom stereocenters. The van der Waals surface area contributed by atoms with Crippen molar-refractivity contribution in [2.24, 2.45) is 5.90 Å². The third-order valence-electron chi connectivity index (χ3n) is 0.713. The summed E-state index contributed by atoms with van der Waals surface area (Å²) in [7, 11) is 0. The van der Waals surface area contributed by atoms with Crippen LogP contribution in [0.25, 0.3) is 0 Å². The standard InChI is InChI=1S/C6H9NO.ClH/c1-3-6(2)4-5-8-7;/h1,4H,5,7H2,2H3;1H. The number of hydrogen-bond donors (Lipinski definition) is 1. The molecule has 3 heteroatoms. The highest BCUT2D eigenvalue weighted by Gasteiger charge is 1.76. The third-order valence-corrected chi connectivity index (χ3v) is 0.713. The highest BCUT2D eigenvalue weighted by Crippen LogP contribution is 1.85. The summed E-state index contributed by atoms with van der Waals surface area (Å²) >= 11 is 0. The molecule has 0 heterocycles. The van der Waals surface area contributed by atoms with Gasteiger partial charge >= 0.3 is 0 Å². The first-order chi connectivity index (χ1) is 3.81. The number of terminal acetylenes is 1. The van der Waals surface area contributed by atoms with Crippen LogP contribution in [0.15, 0.2) is 11.6 Å². The Labute approximate surface area is 61.4 Å². The Bertz CT molecular complexity index is 126. The first-order valence-corrected chi connectivity index (χ1v) is 2.26. The fourth-order valence-electron chi connectivity index (χ4n) is 0.232. The minimum Gasteiger partial charge on any atom is -0.300 e. The number of halogens is 1. The van der Waals surface area contributed by atoms with E-state index in [9.17, 15) is 0 Å². The summed E-state index contributed by atoms with van der Waals surface area (Å²) < 4.78 is 0. The van der Waals surface area contributed by atoms with Crippen LogP contribution in [0.5, 0.6) is 0 Å². The molecule has 0 aromatic rings. The monoisotopic (exact) mass is 147 g/mol. The van der Waals surface area contributed by atoms with Crippen molar-refractivity contribution >= 4 is 12.4 Å². The first kappa shape index (κ1) is 11.3. The average molecular weight is 148 g/mol. The quantitative estimate of drug-likeness (QED) is 0.465. The maximum absolute atomic E-state index is 5.00. The van der Waals surface area contributed by atoms with Crippen molar-refractivity contribution in [1.82, 2.24) is 0 Å². The van der Waals surface area contributed by atoms with Crippen molar-refractivity contribution in [3.8, 4) is 12.3 Å². The van der Waals surface area contributed by atoms with Crippen LogP contribution in [-0.4, -0.2) is 6.61 Å². The van der Waals surface area contributed by atoms with Gasteiger partial charge < -0.3 is 4.84 Å². The van der Waals surface area contributed by atoms with E-state index in [4.69, 9.17) is 12.3 Å². The average Bonchev–Trinajstić information content (AvgIpc) is 1.83. The molecule has 0 amide bonds. The second kappa shape index (κ2) is 7.51. The van der Waals surface area contributed by atoms with Crippen molar-refractivity contribution in [1.29, 1.82) is 0 Å². The number of rotatable bonds is 2. The van der Waals surface area contributed by atoms with E-state index in [1.165, 1.54) is 0 Å². The first-order valence-electron chi connectivity index (χ1n) is 2.26. The second-order valence-corrected chi connectivity index (χ2v) is 1.36. The Morgan fingerprint density at radius 1 is 1.89 bits per heavy atom. The van der Waals surface area contributed by atoms with E-state index in [-0.39, 0.29) is 12.4 Å². The molecule has 0 bridgehead atoms. The van der Waals surface area contributed by atoms with E-state index in [1.54, 1.807) is 6.08 Å². The summed E-state index contributed by atoms with van der Waals surface area (Å²) in [5.74, 6) is 7.14. The fourth-order valence-corrected chi connectivity index (χ4v) is 0.232. The molecule has 0 spiro atoms. The Balaban J connectivity index is 0. The van der Waals surface area contributed by atoms with E-state index in [2.05, 4.69) is 10.8 Å². The van der Waals surface area contributed by atoms with E-state index in [1.807, 2.05) is 6.92 Å². The van der Waals surface area contributed by atoms with Crippen LogP contribution in [0, 0.1) is 12.3 Å². The normalized spacial score (nSPS) is 9.67. The number of allylic oxidation sites excluding steroid dienone is 1. The molecule has 0 unspecified atom stereocenters. The van der Waals surface area contributed by atoms with Gasteiger partial charge in [-0.15, -0.1) is 18.8 Å². The molecule has 0 aliphatic heterocycles. The van der Waals surface area contributed by atoms with Gasteiger partial charge in [0.25, 0.3) is 0 Å². The fraction of sp³-hybridized carbons (Fsp3) is 0.333. The van der Waals surface area contributed by atoms with Crippen molar-refractivity contribution < 1.29 is 4.84 Å². The Morgan fingerprint density at radius 2 is 2.44 bits per heavy atom. The van der Waals surface area contributed by atoms with Crippen LogP contribution in [0.4, 0.5) is 0 Å². The van der Waals surface area contributed by atoms with E-state index in [0.717, 1.165) is 5.57 Å². The molecule has 0 rings (SSSR count). The molecular formula is C6H10ClNO. The van der Waals surface area contributed by atoms with Crippen molar-refractivity contribution in [2.45, 2.75) is 6.92 Å². The molecule has 0 radical (unpaired) electrons. The summed E-state index contributed by atoms with van der Waals surface area (Å²) in [6.07, 6.45) is 6.73. The largest absolute Gasteiger partial charge is 0.300 e. The van der Waals surface area contributed by atoms with Gasteiger partial charge in [-0.3, -0.25) is 0 Å². The van der Waals surface area contributed by atoms with Gasteiger partial charge in [-0.05, 0) is 18.6 Å². The molecule has 0 aliphatic rings. The second-order valence-electron chi connectivity index (χ2n) is 1.36. The predicted molar refractivity (Wildman–Crippen MR) is 40.0 cm³/mol. The molecule has 0 aromatic carbocycles. The van der Waals surface area contributed by atoms with E-state index >= 15 is 0 Å². The van der Waals surface area contributed by atoms with Crippen LogP contribution in [-0.2, 0) is 4.84 Å². The highest BCUT2D eigenvalue weighted by atomic mass is 35.5. The van der Waals surface area contributed by atoms with E-state index in [0.29, 0.717) is 6.61 Å². The SMILES string of the molecule is C#CC(C)=CCON.Cl. The predicted octanol–water partition coefficient (Wildman–Crippen LogP) is 0.878. The lowest BCUT2D eigenvalue weighted by atomic mass is 10.3. The Hall–Kier alpha value is -0.490. The van der Waals surface area contributed by atoms with Crippen molar-refractivity contribution in [3.05, 3.63) is 11.6 Å². The Morgan fingerprint density at radius 3 is 2.78 bits per heavy atom. The van der Waals surface area contributed by atoms with Crippen molar-refractivity contribution in [2.75, 3.05) is 6.61 Å². The van der Waals surface area contributed by atoms with Crippen LogP contribution in [0.2, 0.25) is 0 Å². The molecular weight excluding hydrogens is 138 g/mol. The van der Waals surface area contributed by atoms with Crippen LogP contribution >= 0.6 is 12.4 Å². The van der Waals surface area contributed by atoms with Gasteiger partial charge in [0.2, 0.25) is 0 Å². The smallest absolute Gasteiger partial charge is 0.0872 e. The molecule has 0 saturated carbocycles. The van der Waals surface area contributed by atoms with Gasteiger partial charge in [-0.25, -0.2) is 5.90 Å². The highest BCUT2D eigenvalue weighted by molar-refractivity contribution is 5.85. The lowest BCUT2D eigenvalue weighted by Crippen LogP contribution is -1.97. The molecule has 0 aromatic heterocycles. The Kier molecular flexibility index (Phi) is 9.45. The van der Waals surface area contributed by atoms with Gasteiger partial charge in [0.1, 0.15) is 0 Å². The summed E-state index contributed by atoms with van der Waals surface area (Å²) in [6.45, 7) is 2.20. The maximum atomic E-state index is 5.00. The molecule has 0 fully saturated rings. The van der Waals surface area contributed by atoms with Gasteiger partial charge in [-0.1, -0.05) is 5.92 Å². The topological polar surface area (TPSA) is 35.2 Å². The van der Waals surface area contributed by atoms with Gasteiger partial charge in [0.05, 0.1) is 6.61 Å². The minimum atomic E-state index is 0. The molecule has 52 valence electrons. The zero-order chi connectivity index (χ0) is 6.41. The van der Waals surface area contributed by atoms with Crippen LogP contribution < -0.4 is 5.90 Å². The molecule has 2 N–H and O–H groups in total. The van der Waals surface area contributed by atoms with Crippen molar-refractivity contribution in [3.63, 3.8) is 0 Å². The summed E-state index contributed by atoms with van der Waals surface area (Å²) in [6, 6.07) is 0. The summed E-state index contributed by atoms with van der Waals surface area (Å²) in [5, 5.41) is 0.